The minimum Gasteiger partial charge on any atom is -0.454 e. The standard InChI is InChI=1S/C17H26N2O2/c1-13(18-15-7-9-19(2)10-8-15)3-4-14-5-6-16-17(11-14)21-12-20-16/h5-6,11,13,15,18H,3-4,7-10,12H2,1-2H3. The molecule has 1 aromatic rings. The molecular weight excluding hydrogens is 264 g/mol. The highest BCUT2D eigenvalue weighted by Crippen LogP contribution is 2.32. The smallest absolute Gasteiger partial charge is 0.231 e. The Morgan fingerprint density at radius 3 is 2.81 bits per heavy atom. The Bertz CT molecular complexity index is 470. The Morgan fingerprint density at radius 2 is 2.00 bits per heavy atom. The highest BCUT2D eigenvalue weighted by molar-refractivity contribution is 5.44. The molecule has 2 heterocycles. The minimum atomic E-state index is 0.354. The zero-order valence-corrected chi connectivity index (χ0v) is 13.1. The lowest BCUT2D eigenvalue weighted by atomic mass is 10.0. The number of nitrogens with one attached hydrogen (secondary N) is 1. The molecule has 1 fully saturated rings. The molecule has 3 rings (SSSR count). The van der Waals surface area contributed by atoms with Crippen LogP contribution in [0.25, 0.3) is 0 Å². The third-order valence-corrected chi connectivity index (χ3v) is 4.54. The molecular formula is C17H26N2O2. The molecule has 0 aromatic heterocycles. The lowest BCUT2D eigenvalue weighted by Crippen LogP contribution is -2.44. The Hall–Kier alpha value is -1.26. The third kappa shape index (κ3) is 3.89. The number of rotatable bonds is 5. The normalized spacial score (nSPS) is 20.7. The number of aryl methyl sites for hydroxylation is 1. The molecule has 1 N–H and O–H groups in total. The Balaban J connectivity index is 1.44. The van der Waals surface area contributed by atoms with E-state index in [2.05, 4.69) is 36.3 Å². The number of fused-ring (bicyclic) bond motifs is 1. The molecule has 0 saturated carbocycles. The Morgan fingerprint density at radius 1 is 1.24 bits per heavy atom. The van der Waals surface area contributed by atoms with Gasteiger partial charge in [0.05, 0.1) is 0 Å². The summed E-state index contributed by atoms with van der Waals surface area (Å²) in [5.41, 5.74) is 1.33. The van der Waals surface area contributed by atoms with Gasteiger partial charge in [-0.15, -0.1) is 0 Å². The van der Waals surface area contributed by atoms with E-state index in [0.717, 1.165) is 24.3 Å². The lowest BCUT2D eigenvalue weighted by Gasteiger charge is -2.31. The average Bonchev–Trinajstić information content (AvgIpc) is 2.95. The van der Waals surface area contributed by atoms with E-state index in [1.165, 1.54) is 31.5 Å². The summed E-state index contributed by atoms with van der Waals surface area (Å²) in [6, 6.07) is 7.53. The van der Waals surface area contributed by atoms with Crippen LogP contribution in [0.1, 0.15) is 31.7 Å². The van der Waals surface area contributed by atoms with Gasteiger partial charge < -0.3 is 19.7 Å². The van der Waals surface area contributed by atoms with Gasteiger partial charge in [-0.05, 0) is 70.4 Å². The molecule has 116 valence electrons. The molecule has 4 heteroatoms. The Labute approximate surface area is 127 Å². The van der Waals surface area contributed by atoms with Crippen LogP contribution in [0.4, 0.5) is 0 Å². The first-order valence-corrected chi connectivity index (χ1v) is 8.04. The van der Waals surface area contributed by atoms with E-state index < -0.39 is 0 Å². The summed E-state index contributed by atoms with van der Waals surface area (Å²) in [5, 5.41) is 3.78. The molecule has 0 radical (unpaired) electrons. The van der Waals surface area contributed by atoms with Gasteiger partial charge in [-0.2, -0.15) is 0 Å². The van der Waals surface area contributed by atoms with Crippen LogP contribution in [0.5, 0.6) is 11.5 Å². The predicted octanol–water partition coefficient (Wildman–Crippen LogP) is 2.42. The second-order valence-electron chi connectivity index (χ2n) is 6.37. The summed E-state index contributed by atoms with van der Waals surface area (Å²) < 4.78 is 10.8. The van der Waals surface area contributed by atoms with Crippen LogP contribution in [0.15, 0.2) is 18.2 Å². The first-order valence-electron chi connectivity index (χ1n) is 8.04. The second-order valence-corrected chi connectivity index (χ2v) is 6.37. The molecule has 1 atom stereocenters. The first-order chi connectivity index (χ1) is 10.2. The molecule has 4 nitrogen and oxygen atoms in total. The maximum Gasteiger partial charge on any atom is 0.231 e. The van der Waals surface area contributed by atoms with Gasteiger partial charge in [-0.3, -0.25) is 0 Å². The summed E-state index contributed by atoms with van der Waals surface area (Å²) in [6.45, 7) is 5.08. The van der Waals surface area contributed by atoms with Crippen molar-refractivity contribution in [3.05, 3.63) is 23.8 Å². The molecule has 0 aliphatic carbocycles. The van der Waals surface area contributed by atoms with Crippen LogP contribution in [0.3, 0.4) is 0 Å². The van der Waals surface area contributed by atoms with E-state index in [9.17, 15) is 0 Å². The van der Waals surface area contributed by atoms with E-state index in [-0.39, 0.29) is 0 Å². The largest absolute Gasteiger partial charge is 0.454 e. The van der Waals surface area contributed by atoms with Crippen molar-refractivity contribution < 1.29 is 9.47 Å². The minimum absolute atomic E-state index is 0.354. The maximum atomic E-state index is 5.43. The zero-order chi connectivity index (χ0) is 14.7. The van der Waals surface area contributed by atoms with Crippen LogP contribution in [0.2, 0.25) is 0 Å². The fourth-order valence-electron chi connectivity index (χ4n) is 3.14. The van der Waals surface area contributed by atoms with Crippen molar-refractivity contribution in [2.45, 2.75) is 44.7 Å². The van der Waals surface area contributed by atoms with Gasteiger partial charge in [0.25, 0.3) is 0 Å². The van der Waals surface area contributed by atoms with Crippen LogP contribution >= 0.6 is 0 Å². The first kappa shape index (κ1) is 14.7. The summed E-state index contributed by atoms with van der Waals surface area (Å²) >= 11 is 0. The van der Waals surface area contributed by atoms with Gasteiger partial charge in [0.2, 0.25) is 6.79 Å². The number of hydrogen-bond donors (Lipinski definition) is 1. The predicted molar refractivity (Wildman–Crippen MR) is 84.0 cm³/mol. The van der Waals surface area contributed by atoms with E-state index in [4.69, 9.17) is 9.47 Å². The number of piperidine rings is 1. The summed E-state index contributed by atoms with van der Waals surface area (Å²) in [5.74, 6) is 1.76. The van der Waals surface area contributed by atoms with E-state index in [1.807, 2.05) is 6.07 Å². The number of nitrogens with zero attached hydrogens (tertiary/aromatic N) is 1. The molecule has 0 spiro atoms. The molecule has 21 heavy (non-hydrogen) atoms. The molecule has 1 aromatic carbocycles. The van der Waals surface area contributed by atoms with Crippen LogP contribution < -0.4 is 14.8 Å². The van der Waals surface area contributed by atoms with Crippen molar-refractivity contribution in [1.82, 2.24) is 10.2 Å². The fraction of sp³-hybridized carbons (Fsp3) is 0.647. The monoisotopic (exact) mass is 290 g/mol. The quantitative estimate of drug-likeness (QED) is 0.903. The maximum absolute atomic E-state index is 5.43. The van der Waals surface area contributed by atoms with E-state index >= 15 is 0 Å². The molecule has 2 aliphatic heterocycles. The van der Waals surface area contributed by atoms with Gasteiger partial charge in [0.15, 0.2) is 11.5 Å². The van der Waals surface area contributed by atoms with Crippen molar-refractivity contribution in [3.8, 4) is 11.5 Å². The van der Waals surface area contributed by atoms with Crippen molar-refractivity contribution in [1.29, 1.82) is 0 Å². The van der Waals surface area contributed by atoms with Crippen molar-refractivity contribution in [3.63, 3.8) is 0 Å². The molecule has 0 amide bonds. The molecule has 0 bridgehead atoms. The van der Waals surface area contributed by atoms with Crippen molar-refractivity contribution >= 4 is 0 Å². The van der Waals surface area contributed by atoms with Gasteiger partial charge in [-0.25, -0.2) is 0 Å². The van der Waals surface area contributed by atoms with Crippen LogP contribution in [-0.2, 0) is 6.42 Å². The van der Waals surface area contributed by atoms with E-state index in [1.54, 1.807) is 0 Å². The van der Waals surface area contributed by atoms with Crippen LogP contribution in [0, 0.1) is 0 Å². The molecule has 1 saturated heterocycles. The van der Waals surface area contributed by atoms with Gasteiger partial charge in [-0.1, -0.05) is 6.07 Å². The number of benzene rings is 1. The molecule has 2 aliphatic rings. The van der Waals surface area contributed by atoms with Gasteiger partial charge in [0.1, 0.15) is 0 Å². The van der Waals surface area contributed by atoms with Gasteiger partial charge in [0, 0.05) is 12.1 Å². The van der Waals surface area contributed by atoms with Crippen molar-refractivity contribution in [2.75, 3.05) is 26.9 Å². The number of ether oxygens (including phenoxy) is 2. The Kier molecular flexibility index (Phi) is 4.66. The zero-order valence-electron chi connectivity index (χ0n) is 13.1. The fourth-order valence-corrected chi connectivity index (χ4v) is 3.14. The summed E-state index contributed by atoms with van der Waals surface area (Å²) in [4.78, 5) is 2.41. The topological polar surface area (TPSA) is 33.7 Å². The van der Waals surface area contributed by atoms with Crippen LogP contribution in [-0.4, -0.2) is 43.9 Å². The SMILES string of the molecule is CC(CCc1ccc2c(c1)OCO2)NC1CCN(C)CC1. The average molecular weight is 290 g/mol. The highest BCUT2D eigenvalue weighted by atomic mass is 16.7. The molecule has 1 unspecified atom stereocenters. The summed E-state index contributed by atoms with van der Waals surface area (Å²) in [6.07, 6.45) is 4.78. The lowest BCUT2D eigenvalue weighted by molar-refractivity contribution is 0.174. The number of hydrogen-bond acceptors (Lipinski definition) is 4. The van der Waals surface area contributed by atoms with Crippen molar-refractivity contribution in [2.24, 2.45) is 0 Å². The third-order valence-electron chi connectivity index (χ3n) is 4.54. The highest BCUT2D eigenvalue weighted by Gasteiger charge is 2.18. The van der Waals surface area contributed by atoms with E-state index in [0.29, 0.717) is 18.9 Å². The summed E-state index contributed by atoms with van der Waals surface area (Å²) in [7, 11) is 2.21. The second kappa shape index (κ2) is 6.67. The van der Waals surface area contributed by atoms with Gasteiger partial charge >= 0.3 is 0 Å². The number of likely N-dealkylation sites (tertiary alicyclic amines) is 1.